The Bertz CT molecular complexity index is 772. The van der Waals surface area contributed by atoms with Crippen LogP contribution >= 0.6 is 0 Å². The van der Waals surface area contributed by atoms with Crippen molar-refractivity contribution < 1.29 is 22.8 Å². The van der Waals surface area contributed by atoms with Crippen molar-refractivity contribution in [1.82, 2.24) is 10.6 Å². The van der Waals surface area contributed by atoms with Crippen LogP contribution in [0, 0.1) is 0 Å². The van der Waals surface area contributed by atoms with Crippen molar-refractivity contribution in [2.24, 2.45) is 0 Å². The number of hydrogen-bond donors (Lipinski definition) is 3. The molecule has 2 aromatic carbocycles. The number of alkyl halides is 3. The van der Waals surface area contributed by atoms with Crippen LogP contribution in [0.2, 0.25) is 0 Å². The Balaban J connectivity index is 1.71. The van der Waals surface area contributed by atoms with Crippen LogP contribution in [0.3, 0.4) is 0 Å². The van der Waals surface area contributed by atoms with E-state index in [2.05, 4.69) is 16.0 Å². The Labute approximate surface area is 155 Å². The topological polar surface area (TPSA) is 70.2 Å². The SMILES string of the molecule is CC(=O)Nc1ccc(CNC(=O)NCCc2ccc(C(F)(F)F)cc2)cc1. The summed E-state index contributed by atoms with van der Waals surface area (Å²) in [6.45, 7) is 2.04. The first kappa shape index (κ1) is 20.3. The van der Waals surface area contributed by atoms with Gasteiger partial charge in [-0.15, -0.1) is 0 Å². The van der Waals surface area contributed by atoms with E-state index in [-0.39, 0.29) is 11.9 Å². The van der Waals surface area contributed by atoms with Gasteiger partial charge in [0.05, 0.1) is 5.56 Å². The third kappa shape index (κ3) is 7.01. The highest BCUT2D eigenvalue weighted by Gasteiger charge is 2.29. The highest BCUT2D eigenvalue weighted by atomic mass is 19.4. The fraction of sp³-hybridized carbons (Fsp3) is 0.263. The number of halogens is 3. The van der Waals surface area contributed by atoms with Crippen molar-refractivity contribution in [2.75, 3.05) is 11.9 Å². The molecule has 0 bridgehead atoms. The second-order valence-electron chi connectivity index (χ2n) is 5.93. The smallest absolute Gasteiger partial charge is 0.338 e. The lowest BCUT2D eigenvalue weighted by Crippen LogP contribution is -2.36. The maximum absolute atomic E-state index is 12.5. The average molecular weight is 379 g/mol. The normalized spacial score (nSPS) is 11.0. The fourth-order valence-electron chi connectivity index (χ4n) is 2.33. The van der Waals surface area contributed by atoms with Crippen LogP contribution < -0.4 is 16.0 Å². The Morgan fingerprint density at radius 3 is 2.04 bits per heavy atom. The standard InChI is InChI=1S/C19H20F3N3O2/c1-13(26)25-17-8-4-15(5-9-17)12-24-18(27)23-11-10-14-2-6-16(7-3-14)19(20,21)22/h2-9H,10-12H2,1H3,(H,25,26)(H2,23,24,27). The molecule has 5 nitrogen and oxygen atoms in total. The van der Waals surface area contributed by atoms with Gasteiger partial charge in [0, 0.05) is 25.7 Å². The highest BCUT2D eigenvalue weighted by molar-refractivity contribution is 5.88. The summed E-state index contributed by atoms with van der Waals surface area (Å²) >= 11 is 0. The van der Waals surface area contributed by atoms with Crippen LogP contribution in [-0.2, 0) is 23.9 Å². The van der Waals surface area contributed by atoms with Gasteiger partial charge in [0.1, 0.15) is 0 Å². The summed E-state index contributed by atoms with van der Waals surface area (Å²) in [4.78, 5) is 22.7. The number of anilines is 1. The summed E-state index contributed by atoms with van der Waals surface area (Å²) in [6, 6.07) is 11.5. The molecule has 2 rings (SSSR count). The number of rotatable bonds is 6. The lowest BCUT2D eigenvalue weighted by Gasteiger charge is -2.10. The number of nitrogens with one attached hydrogen (secondary N) is 3. The number of amides is 3. The van der Waals surface area contributed by atoms with Crippen LogP contribution in [0.4, 0.5) is 23.7 Å². The minimum Gasteiger partial charge on any atom is -0.338 e. The number of carbonyl (C=O) groups excluding carboxylic acids is 2. The first-order valence-electron chi connectivity index (χ1n) is 8.28. The average Bonchev–Trinajstić information content (AvgIpc) is 2.60. The van der Waals surface area contributed by atoms with Gasteiger partial charge in [-0.2, -0.15) is 13.2 Å². The van der Waals surface area contributed by atoms with Crippen molar-refractivity contribution in [3.05, 3.63) is 65.2 Å². The van der Waals surface area contributed by atoms with Gasteiger partial charge in [-0.1, -0.05) is 24.3 Å². The zero-order chi connectivity index (χ0) is 19.9. The van der Waals surface area contributed by atoms with Crippen molar-refractivity contribution in [1.29, 1.82) is 0 Å². The van der Waals surface area contributed by atoms with E-state index in [1.807, 2.05) is 0 Å². The first-order chi connectivity index (χ1) is 12.7. The minimum absolute atomic E-state index is 0.159. The largest absolute Gasteiger partial charge is 0.416 e. The molecule has 3 amide bonds. The zero-order valence-corrected chi connectivity index (χ0v) is 14.7. The number of urea groups is 1. The number of carbonyl (C=O) groups is 2. The van der Waals surface area contributed by atoms with E-state index in [9.17, 15) is 22.8 Å². The van der Waals surface area contributed by atoms with Gasteiger partial charge in [-0.25, -0.2) is 4.79 Å². The van der Waals surface area contributed by atoms with E-state index in [1.54, 1.807) is 24.3 Å². The third-order valence-corrected chi connectivity index (χ3v) is 3.71. The number of hydrogen-bond acceptors (Lipinski definition) is 2. The molecule has 0 heterocycles. The Hall–Kier alpha value is -3.03. The molecule has 0 spiro atoms. The Kier molecular flexibility index (Phi) is 6.81. The molecule has 0 saturated heterocycles. The molecule has 0 radical (unpaired) electrons. The summed E-state index contributed by atoms with van der Waals surface area (Å²) in [5.41, 5.74) is 1.55. The van der Waals surface area contributed by atoms with E-state index in [0.29, 0.717) is 30.8 Å². The first-order valence-corrected chi connectivity index (χ1v) is 8.28. The molecule has 0 aliphatic carbocycles. The third-order valence-electron chi connectivity index (χ3n) is 3.71. The lowest BCUT2D eigenvalue weighted by molar-refractivity contribution is -0.137. The van der Waals surface area contributed by atoms with Crippen LogP contribution in [0.15, 0.2) is 48.5 Å². The monoisotopic (exact) mass is 379 g/mol. The summed E-state index contributed by atoms with van der Waals surface area (Å²) < 4.78 is 37.5. The Morgan fingerprint density at radius 2 is 1.48 bits per heavy atom. The number of benzene rings is 2. The van der Waals surface area contributed by atoms with E-state index < -0.39 is 11.7 Å². The summed E-state index contributed by atoms with van der Waals surface area (Å²) in [7, 11) is 0. The van der Waals surface area contributed by atoms with Gasteiger partial charge >= 0.3 is 12.2 Å². The Morgan fingerprint density at radius 1 is 0.889 bits per heavy atom. The second kappa shape index (κ2) is 9.07. The van der Waals surface area contributed by atoms with Gasteiger partial charge in [-0.3, -0.25) is 4.79 Å². The van der Waals surface area contributed by atoms with E-state index in [1.165, 1.54) is 19.1 Å². The van der Waals surface area contributed by atoms with Crippen molar-refractivity contribution in [3.8, 4) is 0 Å². The minimum atomic E-state index is -4.35. The van der Waals surface area contributed by atoms with Gasteiger partial charge in [0.25, 0.3) is 0 Å². The lowest BCUT2D eigenvalue weighted by atomic mass is 10.1. The molecule has 0 aliphatic heterocycles. The summed E-state index contributed by atoms with van der Waals surface area (Å²) in [5.74, 6) is -0.159. The summed E-state index contributed by atoms with van der Waals surface area (Å²) in [5, 5.41) is 7.99. The van der Waals surface area contributed by atoms with Gasteiger partial charge in [0.2, 0.25) is 5.91 Å². The van der Waals surface area contributed by atoms with Crippen molar-refractivity contribution >= 4 is 17.6 Å². The van der Waals surface area contributed by atoms with E-state index in [4.69, 9.17) is 0 Å². The molecule has 0 aliphatic rings. The molecular weight excluding hydrogens is 359 g/mol. The van der Waals surface area contributed by atoms with Crippen molar-refractivity contribution in [3.63, 3.8) is 0 Å². The van der Waals surface area contributed by atoms with Crippen LogP contribution in [0.25, 0.3) is 0 Å². The van der Waals surface area contributed by atoms with Gasteiger partial charge in [0.15, 0.2) is 0 Å². The molecule has 27 heavy (non-hydrogen) atoms. The summed E-state index contributed by atoms with van der Waals surface area (Å²) in [6.07, 6.45) is -3.92. The zero-order valence-electron chi connectivity index (χ0n) is 14.7. The van der Waals surface area contributed by atoms with Gasteiger partial charge < -0.3 is 16.0 Å². The molecule has 0 saturated carbocycles. The van der Waals surface area contributed by atoms with E-state index in [0.717, 1.165) is 17.7 Å². The van der Waals surface area contributed by atoms with Crippen LogP contribution in [0.5, 0.6) is 0 Å². The molecule has 0 aromatic heterocycles. The maximum Gasteiger partial charge on any atom is 0.416 e. The van der Waals surface area contributed by atoms with Crippen LogP contribution in [0.1, 0.15) is 23.6 Å². The fourth-order valence-corrected chi connectivity index (χ4v) is 2.33. The molecular formula is C19H20F3N3O2. The second-order valence-corrected chi connectivity index (χ2v) is 5.93. The van der Waals surface area contributed by atoms with Crippen molar-refractivity contribution in [2.45, 2.75) is 26.1 Å². The van der Waals surface area contributed by atoms with E-state index >= 15 is 0 Å². The molecule has 0 unspecified atom stereocenters. The molecule has 0 atom stereocenters. The molecule has 144 valence electrons. The predicted molar refractivity (Wildman–Crippen MR) is 96.1 cm³/mol. The highest BCUT2D eigenvalue weighted by Crippen LogP contribution is 2.29. The molecule has 3 N–H and O–H groups in total. The maximum atomic E-state index is 12.5. The molecule has 2 aromatic rings. The molecule has 8 heteroatoms. The molecule has 0 fully saturated rings. The quantitative estimate of drug-likeness (QED) is 0.716. The van der Waals surface area contributed by atoms with Gasteiger partial charge in [-0.05, 0) is 41.8 Å². The predicted octanol–water partition coefficient (Wildman–Crippen LogP) is 3.71. The van der Waals surface area contributed by atoms with Crippen LogP contribution in [-0.4, -0.2) is 18.5 Å².